The standard InChI is InChI=1S/C17H19BrFNO/c1-11(2)21-15-5-3-4-12(9-15)17(20)10-13-8-14(18)6-7-16(13)19/h3-9,11,17H,10,20H2,1-2H3. The molecule has 1 atom stereocenters. The molecule has 0 amide bonds. The third kappa shape index (κ3) is 4.55. The van der Waals surface area contributed by atoms with Crippen LogP contribution in [-0.2, 0) is 6.42 Å². The number of hydrogen-bond acceptors (Lipinski definition) is 2. The first kappa shape index (κ1) is 16.0. The molecule has 2 aromatic rings. The van der Waals surface area contributed by atoms with Gasteiger partial charge in [0.25, 0.3) is 0 Å². The zero-order valence-electron chi connectivity index (χ0n) is 12.1. The van der Waals surface area contributed by atoms with Gasteiger partial charge in [-0.15, -0.1) is 0 Å². The highest BCUT2D eigenvalue weighted by Crippen LogP contribution is 2.24. The number of hydrogen-bond donors (Lipinski definition) is 1. The fraction of sp³-hybridized carbons (Fsp3) is 0.294. The van der Waals surface area contributed by atoms with Crippen LogP contribution in [0.4, 0.5) is 4.39 Å². The van der Waals surface area contributed by atoms with Crippen molar-refractivity contribution in [3.63, 3.8) is 0 Å². The van der Waals surface area contributed by atoms with E-state index in [0.717, 1.165) is 15.8 Å². The summed E-state index contributed by atoms with van der Waals surface area (Å²) in [5.74, 6) is 0.552. The summed E-state index contributed by atoms with van der Waals surface area (Å²) in [7, 11) is 0. The van der Waals surface area contributed by atoms with Crippen molar-refractivity contribution in [2.75, 3.05) is 0 Å². The largest absolute Gasteiger partial charge is 0.491 e. The molecule has 0 heterocycles. The predicted molar refractivity (Wildman–Crippen MR) is 86.9 cm³/mol. The Bertz CT molecular complexity index is 615. The van der Waals surface area contributed by atoms with Crippen LogP contribution in [0.2, 0.25) is 0 Å². The van der Waals surface area contributed by atoms with E-state index in [0.29, 0.717) is 12.0 Å². The lowest BCUT2D eigenvalue weighted by atomic mass is 9.99. The molecule has 0 radical (unpaired) electrons. The van der Waals surface area contributed by atoms with E-state index in [2.05, 4.69) is 15.9 Å². The second-order valence-electron chi connectivity index (χ2n) is 5.29. The summed E-state index contributed by atoms with van der Waals surface area (Å²) in [5, 5.41) is 0. The topological polar surface area (TPSA) is 35.2 Å². The fourth-order valence-corrected chi connectivity index (χ4v) is 2.55. The van der Waals surface area contributed by atoms with Gasteiger partial charge in [-0.2, -0.15) is 0 Å². The number of ether oxygens (including phenoxy) is 1. The molecule has 0 aliphatic heterocycles. The van der Waals surface area contributed by atoms with Crippen LogP contribution in [0.15, 0.2) is 46.9 Å². The normalized spacial score (nSPS) is 12.5. The van der Waals surface area contributed by atoms with Crippen LogP contribution >= 0.6 is 15.9 Å². The van der Waals surface area contributed by atoms with Crippen LogP contribution in [0.5, 0.6) is 5.75 Å². The Morgan fingerprint density at radius 3 is 2.67 bits per heavy atom. The summed E-state index contributed by atoms with van der Waals surface area (Å²) in [6.07, 6.45) is 0.551. The first-order chi connectivity index (χ1) is 9.95. The highest BCUT2D eigenvalue weighted by molar-refractivity contribution is 9.10. The van der Waals surface area contributed by atoms with Crippen LogP contribution in [-0.4, -0.2) is 6.10 Å². The van der Waals surface area contributed by atoms with Crippen molar-refractivity contribution < 1.29 is 9.13 Å². The van der Waals surface area contributed by atoms with Crippen LogP contribution in [0.3, 0.4) is 0 Å². The lowest BCUT2D eigenvalue weighted by molar-refractivity contribution is 0.242. The summed E-state index contributed by atoms with van der Waals surface area (Å²) >= 11 is 3.35. The van der Waals surface area contributed by atoms with Gasteiger partial charge in [-0.05, 0) is 61.7 Å². The van der Waals surface area contributed by atoms with Crippen LogP contribution in [0.25, 0.3) is 0 Å². The van der Waals surface area contributed by atoms with E-state index < -0.39 is 0 Å². The van der Waals surface area contributed by atoms with Crippen LogP contribution in [0, 0.1) is 5.82 Å². The van der Waals surface area contributed by atoms with E-state index in [1.165, 1.54) is 6.07 Å². The summed E-state index contributed by atoms with van der Waals surface area (Å²) in [5.41, 5.74) is 7.75. The summed E-state index contributed by atoms with van der Waals surface area (Å²) in [6, 6.07) is 12.3. The summed E-state index contributed by atoms with van der Waals surface area (Å²) in [6.45, 7) is 3.95. The molecule has 0 spiro atoms. The molecule has 2 nitrogen and oxygen atoms in total. The molecule has 1 unspecified atom stereocenters. The maximum Gasteiger partial charge on any atom is 0.126 e. The zero-order valence-corrected chi connectivity index (χ0v) is 13.7. The molecule has 0 aliphatic carbocycles. The number of halogens is 2. The van der Waals surface area contributed by atoms with E-state index in [1.54, 1.807) is 12.1 Å². The van der Waals surface area contributed by atoms with Gasteiger partial charge in [0, 0.05) is 10.5 Å². The minimum Gasteiger partial charge on any atom is -0.491 e. The number of nitrogens with two attached hydrogens (primary N) is 1. The van der Waals surface area contributed by atoms with E-state index in [-0.39, 0.29) is 18.0 Å². The molecule has 2 rings (SSSR count). The maximum absolute atomic E-state index is 13.8. The van der Waals surface area contributed by atoms with Crippen LogP contribution < -0.4 is 10.5 Å². The van der Waals surface area contributed by atoms with E-state index in [1.807, 2.05) is 38.1 Å². The van der Waals surface area contributed by atoms with Crippen molar-refractivity contribution in [1.29, 1.82) is 0 Å². The zero-order chi connectivity index (χ0) is 15.4. The molecule has 2 N–H and O–H groups in total. The predicted octanol–water partition coefficient (Wildman–Crippen LogP) is 4.62. The van der Waals surface area contributed by atoms with Crippen molar-refractivity contribution in [3.8, 4) is 5.75 Å². The minimum absolute atomic E-state index is 0.110. The first-order valence-electron chi connectivity index (χ1n) is 6.92. The van der Waals surface area contributed by atoms with E-state index in [4.69, 9.17) is 10.5 Å². The second kappa shape index (κ2) is 7.05. The average molecular weight is 352 g/mol. The molecule has 112 valence electrons. The highest BCUT2D eigenvalue weighted by Gasteiger charge is 2.12. The molecule has 0 aromatic heterocycles. The minimum atomic E-state index is -0.274. The van der Waals surface area contributed by atoms with Gasteiger partial charge in [0.2, 0.25) is 0 Å². The van der Waals surface area contributed by atoms with Gasteiger partial charge >= 0.3 is 0 Å². The maximum atomic E-state index is 13.8. The fourth-order valence-electron chi connectivity index (χ4n) is 2.15. The Balaban J connectivity index is 2.16. The first-order valence-corrected chi connectivity index (χ1v) is 7.71. The molecule has 21 heavy (non-hydrogen) atoms. The molecule has 0 aliphatic rings. The van der Waals surface area contributed by atoms with Gasteiger partial charge < -0.3 is 10.5 Å². The number of rotatable bonds is 5. The van der Waals surface area contributed by atoms with Gasteiger partial charge in [-0.25, -0.2) is 4.39 Å². The highest BCUT2D eigenvalue weighted by atomic mass is 79.9. The molecule has 0 fully saturated rings. The monoisotopic (exact) mass is 351 g/mol. The lowest BCUT2D eigenvalue weighted by Gasteiger charge is -2.16. The third-order valence-corrected chi connectivity index (χ3v) is 3.60. The molecular formula is C17H19BrFNO. The van der Waals surface area contributed by atoms with Crippen molar-refractivity contribution >= 4 is 15.9 Å². The van der Waals surface area contributed by atoms with Crippen molar-refractivity contribution in [2.45, 2.75) is 32.4 Å². The van der Waals surface area contributed by atoms with Crippen LogP contribution in [0.1, 0.15) is 31.0 Å². The van der Waals surface area contributed by atoms with E-state index in [9.17, 15) is 4.39 Å². The molecule has 2 aromatic carbocycles. The quantitative estimate of drug-likeness (QED) is 0.852. The smallest absolute Gasteiger partial charge is 0.126 e. The Labute approximate surface area is 133 Å². The second-order valence-corrected chi connectivity index (χ2v) is 6.20. The van der Waals surface area contributed by atoms with Gasteiger partial charge in [0.1, 0.15) is 11.6 Å². The summed E-state index contributed by atoms with van der Waals surface area (Å²) < 4.78 is 20.3. The molecule has 0 bridgehead atoms. The molecule has 4 heteroatoms. The van der Waals surface area contributed by atoms with E-state index >= 15 is 0 Å². The Morgan fingerprint density at radius 1 is 1.19 bits per heavy atom. The van der Waals surface area contributed by atoms with Crippen molar-refractivity contribution in [1.82, 2.24) is 0 Å². The van der Waals surface area contributed by atoms with Crippen molar-refractivity contribution in [3.05, 3.63) is 63.9 Å². The molecule has 0 saturated carbocycles. The molecule has 0 saturated heterocycles. The Hall–Kier alpha value is -1.39. The molecular weight excluding hydrogens is 333 g/mol. The Morgan fingerprint density at radius 2 is 1.95 bits per heavy atom. The lowest BCUT2D eigenvalue weighted by Crippen LogP contribution is -2.14. The SMILES string of the molecule is CC(C)Oc1cccc(C(N)Cc2cc(Br)ccc2F)c1. The van der Waals surface area contributed by atoms with Gasteiger partial charge in [-0.1, -0.05) is 28.1 Å². The average Bonchev–Trinajstić information content (AvgIpc) is 2.42. The van der Waals surface area contributed by atoms with Gasteiger partial charge in [0.05, 0.1) is 6.10 Å². The Kier molecular flexibility index (Phi) is 5.37. The number of benzene rings is 2. The van der Waals surface area contributed by atoms with Gasteiger partial charge in [0.15, 0.2) is 0 Å². The third-order valence-electron chi connectivity index (χ3n) is 3.11. The van der Waals surface area contributed by atoms with Crippen molar-refractivity contribution in [2.24, 2.45) is 5.73 Å². The van der Waals surface area contributed by atoms with Gasteiger partial charge in [-0.3, -0.25) is 0 Å². The summed E-state index contributed by atoms with van der Waals surface area (Å²) in [4.78, 5) is 0.